The Morgan fingerprint density at radius 3 is 2.61 bits per heavy atom. The van der Waals surface area contributed by atoms with Gasteiger partial charge in [-0.25, -0.2) is 0 Å². The van der Waals surface area contributed by atoms with Crippen molar-refractivity contribution in [2.75, 3.05) is 33.4 Å². The maximum atomic E-state index is 10.2. The zero-order chi connectivity index (χ0) is 12.8. The molecule has 2 atom stereocenters. The van der Waals surface area contributed by atoms with Gasteiger partial charge in [0.1, 0.15) is 0 Å². The van der Waals surface area contributed by atoms with Gasteiger partial charge in [-0.15, -0.1) is 0 Å². The lowest BCUT2D eigenvalue weighted by atomic mass is 9.96. The maximum Gasteiger partial charge on any atom is 0.0669 e. The molecule has 2 unspecified atom stereocenters. The van der Waals surface area contributed by atoms with E-state index in [1.807, 2.05) is 0 Å². The highest BCUT2D eigenvalue weighted by Gasteiger charge is 2.24. The predicted molar refractivity (Wildman–Crippen MR) is 73.6 cm³/mol. The predicted octanol–water partition coefficient (Wildman–Crippen LogP) is 2.29. The molecule has 1 N–H and O–H groups in total. The second-order valence-electron chi connectivity index (χ2n) is 6.26. The average molecular weight is 255 g/mol. The topological polar surface area (TPSA) is 32.7 Å². The Kier molecular flexibility index (Phi) is 5.93. The van der Waals surface area contributed by atoms with E-state index in [0.29, 0.717) is 5.92 Å². The summed E-state index contributed by atoms with van der Waals surface area (Å²) in [5.74, 6) is 1.46. The summed E-state index contributed by atoms with van der Waals surface area (Å²) in [6.07, 6.45) is 8.86. The van der Waals surface area contributed by atoms with Crippen LogP contribution in [0.25, 0.3) is 0 Å². The molecule has 1 aliphatic heterocycles. The van der Waals surface area contributed by atoms with Gasteiger partial charge in [0.15, 0.2) is 0 Å². The van der Waals surface area contributed by atoms with E-state index in [4.69, 9.17) is 4.74 Å². The molecule has 1 aliphatic carbocycles. The second-order valence-corrected chi connectivity index (χ2v) is 6.26. The normalized spacial score (nSPS) is 28.7. The fourth-order valence-electron chi connectivity index (χ4n) is 3.69. The van der Waals surface area contributed by atoms with Crippen LogP contribution in [0.4, 0.5) is 0 Å². The molecule has 2 aliphatic rings. The molecule has 0 aromatic rings. The molecule has 18 heavy (non-hydrogen) atoms. The van der Waals surface area contributed by atoms with Crippen molar-refractivity contribution in [1.82, 2.24) is 4.90 Å². The van der Waals surface area contributed by atoms with Crippen molar-refractivity contribution < 1.29 is 9.84 Å². The first-order valence-electron chi connectivity index (χ1n) is 7.67. The van der Waals surface area contributed by atoms with Crippen LogP contribution in [0.2, 0.25) is 0 Å². The fraction of sp³-hybridized carbons (Fsp3) is 1.00. The number of aliphatic hydroxyl groups excluding tert-OH is 1. The first-order valence-corrected chi connectivity index (χ1v) is 7.67. The van der Waals surface area contributed by atoms with E-state index in [1.54, 1.807) is 7.11 Å². The van der Waals surface area contributed by atoms with E-state index in [0.717, 1.165) is 38.6 Å². The van der Waals surface area contributed by atoms with Crippen molar-refractivity contribution in [3.05, 3.63) is 0 Å². The van der Waals surface area contributed by atoms with Crippen molar-refractivity contribution in [2.45, 2.75) is 51.0 Å². The van der Waals surface area contributed by atoms with Gasteiger partial charge in [-0.3, -0.25) is 0 Å². The third-order valence-corrected chi connectivity index (χ3v) is 4.55. The second kappa shape index (κ2) is 7.46. The highest BCUT2D eigenvalue weighted by Crippen LogP contribution is 2.29. The Balaban J connectivity index is 1.67. The van der Waals surface area contributed by atoms with Crippen LogP contribution in [-0.2, 0) is 4.74 Å². The molecule has 106 valence electrons. The molecule has 1 heterocycles. The largest absolute Gasteiger partial charge is 0.392 e. The minimum Gasteiger partial charge on any atom is -0.392 e. The molecule has 0 aromatic carbocycles. The van der Waals surface area contributed by atoms with Gasteiger partial charge in [0.2, 0.25) is 0 Å². The first-order chi connectivity index (χ1) is 8.78. The molecular weight excluding hydrogens is 226 g/mol. The van der Waals surface area contributed by atoms with Gasteiger partial charge in [0, 0.05) is 20.2 Å². The lowest BCUT2D eigenvalue weighted by Crippen LogP contribution is -2.41. The van der Waals surface area contributed by atoms with Crippen molar-refractivity contribution in [2.24, 2.45) is 11.8 Å². The van der Waals surface area contributed by atoms with E-state index < -0.39 is 0 Å². The summed E-state index contributed by atoms with van der Waals surface area (Å²) in [7, 11) is 1.79. The molecule has 1 saturated heterocycles. The van der Waals surface area contributed by atoms with Crippen molar-refractivity contribution in [3.63, 3.8) is 0 Å². The highest BCUT2D eigenvalue weighted by atomic mass is 16.5. The third kappa shape index (κ3) is 4.52. The van der Waals surface area contributed by atoms with E-state index >= 15 is 0 Å². The summed E-state index contributed by atoms with van der Waals surface area (Å²) in [5.41, 5.74) is 0. The van der Waals surface area contributed by atoms with Gasteiger partial charge in [-0.1, -0.05) is 25.7 Å². The lowest BCUT2D eigenvalue weighted by molar-refractivity contribution is 0.0479. The molecular formula is C15H29NO2. The molecule has 2 fully saturated rings. The van der Waals surface area contributed by atoms with Crippen molar-refractivity contribution in [3.8, 4) is 0 Å². The first kappa shape index (κ1) is 14.3. The Morgan fingerprint density at radius 1 is 1.17 bits per heavy atom. The Bertz CT molecular complexity index is 227. The smallest absolute Gasteiger partial charge is 0.0669 e. The van der Waals surface area contributed by atoms with Gasteiger partial charge in [0.05, 0.1) is 12.7 Å². The van der Waals surface area contributed by atoms with E-state index in [9.17, 15) is 5.11 Å². The molecule has 0 spiro atoms. The number of methoxy groups -OCH3 is 1. The quantitative estimate of drug-likeness (QED) is 0.790. The molecule has 0 amide bonds. The number of hydrogen-bond donors (Lipinski definition) is 1. The number of aliphatic hydroxyl groups is 1. The van der Waals surface area contributed by atoms with E-state index in [2.05, 4.69) is 4.90 Å². The number of nitrogens with zero attached hydrogens (tertiary/aromatic N) is 1. The van der Waals surface area contributed by atoms with Gasteiger partial charge in [-0.2, -0.15) is 0 Å². The number of ether oxygens (including phenoxy) is 1. The number of piperidine rings is 1. The van der Waals surface area contributed by atoms with Crippen LogP contribution in [0.5, 0.6) is 0 Å². The zero-order valence-electron chi connectivity index (χ0n) is 11.8. The minimum absolute atomic E-state index is 0.116. The average Bonchev–Trinajstić information content (AvgIpc) is 2.82. The number of likely N-dealkylation sites (tertiary alicyclic amines) is 1. The number of hydrogen-bond acceptors (Lipinski definition) is 3. The molecule has 1 saturated carbocycles. The summed E-state index contributed by atoms with van der Waals surface area (Å²) in [4.78, 5) is 2.44. The molecule has 3 heteroatoms. The minimum atomic E-state index is -0.116. The van der Waals surface area contributed by atoms with Crippen LogP contribution in [0, 0.1) is 11.8 Å². The summed E-state index contributed by atoms with van der Waals surface area (Å²) in [5, 5.41) is 10.2. The van der Waals surface area contributed by atoms with Gasteiger partial charge in [-0.05, 0) is 37.6 Å². The summed E-state index contributed by atoms with van der Waals surface area (Å²) in [6.45, 7) is 4.00. The molecule has 0 aromatic heterocycles. The van der Waals surface area contributed by atoms with Gasteiger partial charge < -0.3 is 14.7 Å². The monoisotopic (exact) mass is 255 g/mol. The van der Waals surface area contributed by atoms with Crippen molar-refractivity contribution in [1.29, 1.82) is 0 Å². The van der Waals surface area contributed by atoms with Crippen LogP contribution in [0.15, 0.2) is 0 Å². The van der Waals surface area contributed by atoms with Crippen LogP contribution >= 0.6 is 0 Å². The Labute approximate surface area is 112 Å². The SMILES string of the molecule is COCC1CCCN(CC(O)CC2CCCC2)C1. The van der Waals surface area contributed by atoms with E-state index in [1.165, 1.54) is 38.5 Å². The molecule has 0 radical (unpaired) electrons. The van der Waals surface area contributed by atoms with Crippen LogP contribution in [0.1, 0.15) is 44.9 Å². The summed E-state index contributed by atoms with van der Waals surface area (Å²) in [6, 6.07) is 0. The Morgan fingerprint density at radius 2 is 1.89 bits per heavy atom. The highest BCUT2D eigenvalue weighted by molar-refractivity contribution is 4.77. The summed E-state index contributed by atoms with van der Waals surface area (Å²) < 4.78 is 5.25. The Hall–Kier alpha value is -0.120. The van der Waals surface area contributed by atoms with E-state index in [-0.39, 0.29) is 6.10 Å². The van der Waals surface area contributed by atoms with Crippen LogP contribution in [0.3, 0.4) is 0 Å². The fourth-order valence-corrected chi connectivity index (χ4v) is 3.69. The number of β-amino-alcohol motifs (C(OH)–C–C–N with tert-alkyl or cyclic N) is 1. The van der Waals surface area contributed by atoms with Gasteiger partial charge >= 0.3 is 0 Å². The standard InChI is InChI=1S/C15H29NO2/c1-18-12-14-7-4-8-16(10-14)11-15(17)9-13-5-2-3-6-13/h13-15,17H,2-12H2,1H3. The summed E-state index contributed by atoms with van der Waals surface area (Å²) >= 11 is 0. The van der Waals surface area contributed by atoms with Crippen LogP contribution < -0.4 is 0 Å². The van der Waals surface area contributed by atoms with Crippen molar-refractivity contribution >= 4 is 0 Å². The maximum absolute atomic E-state index is 10.2. The third-order valence-electron chi connectivity index (χ3n) is 4.55. The zero-order valence-corrected chi connectivity index (χ0v) is 11.8. The molecule has 0 bridgehead atoms. The number of rotatable bonds is 6. The van der Waals surface area contributed by atoms with Gasteiger partial charge in [0.25, 0.3) is 0 Å². The molecule has 3 nitrogen and oxygen atoms in total. The molecule has 2 rings (SSSR count). The van der Waals surface area contributed by atoms with Crippen LogP contribution in [-0.4, -0.2) is 49.5 Å². The lowest BCUT2D eigenvalue weighted by Gasteiger charge is -2.34.